The van der Waals surface area contributed by atoms with Crippen LogP contribution in [-0.2, 0) is 0 Å². The van der Waals surface area contributed by atoms with Crippen molar-refractivity contribution in [3.05, 3.63) is 28.0 Å². The fraction of sp³-hybridized carbons (Fsp3) is 0.500. The number of benzene rings is 1. The van der Waals surface area contributed by atoms with E-state index in [9.17, 15) is 4.39 Å². The fourth-order valence-corrected chi connectivity index (χ4v) is 3.45. The molecule has 1 aromatic rings. The Labute approximate surface area is 127 Å². The molecule has 3 N–H and O–H groups in total. The molecule has 1 fully saturated rings. The number of halogens is 2. The third kappa shape index (κ3) is 3.66. The molecule has 0 saturated heterocycles. The molecule has 0 bridgehead atoms. The van der Waals surface area contributed by atoms with E-state index < -0.39 is 0 Å². The van der Waals surface area contributed by atoms with Crippen LogP contribution in [0.2, 0.25) is 0 Å². The zero-order valence-electron chi connectivity index (χ0n) is 10.7. The van der Waals surface area contributed by atoms with Crippen LogP contribution < -0.4 is 11.1 Å². The minimum absolute atomic E-state index is 0.197. The van der Waals surface area contributed by atoms with Crippen molar-refractivity contribution in [1.29, 1.82) is 0 Å². The predicted molar refractivity (Wildman–Crippen MR) is 85.1 cm³/mol. The quantitative estimate of drug-likeness (QED) is 0.785. The average Bonchev–Trinajstić information content (AvgIpc) is 2.87. The highest BCUT2D eigenvalue weighted by Gasteiger charge is 2.16. The molecule has 0 spiro atoms. The summed E-state index contributed by atoms with van der Waals surface area (Å²) in [7, 11) is 0. The summed E-state index contributed by atoms with van der Waals surface area (Å²) in [6, 6.07) is 3.44. The van der Waals surface area contributed by atoms with Gasteiger partial charge in [-0.3, -0.25) is 0 Å². The molecule has 1 aliphatic carbocycles. The van der Waals surface area contributed by atoms with Crippen LogP contribution in [0, 0.1) is 11.7 Å². The van der Waals surface area contributed by atoms with Crippen molar-refractivity contribution >= 4 is 38.8 Å². The molecule has 1 saturated carbocycles. The van der Waals surface area contributed by atoms with Gasteiger partial charge in [-0.1, -0.05) is 37.9 Å². The Morgan fingerprint density at radius 1 is 1.42 bits per heavy atom. The smallest absolute Gasteiger partial charge is 0.161 e. The van der Waals surface area contributed by atoms with Crippen LogP contribution in [0.15, 0.2) is 16.6 Å². The SMILES string of the molecule is NC(=S)c1ccc(NCCC2CCCC2)c(F)c1Br. The molecule has 2 nitrogen and oxygen atoms in total. The number of thiocarbonyl (C=S) groups is 1. The number of anilines is 1. The van der Waals surface area contributed by atoms with Gasteiger partial charge in [-0.05, 0) is 40.4 Å². The maximum absolute atomic E-state index is 14.1. The summed E-state index contributed by atoms with van der Waals surface area (Å²) >= 11 is 8.08. The summed E-state index contributed by atoms with van der Waals surface area (Å²) in [6.07, 6.45) is 6.41. The van der Waals surface area contributed by atoms with Crippen LogP contribution in [0.3, 0.4) is 0 Å². The van der Waals surface area contributed by atoms with Gasteiger partial charge in [-0.15, -0.1) is 0 Å². The number of hydrogen-bond acceptors (Lipinski definition) is 2. The Bertz CT molecular complexity index is 473. The lowest BCUT2D eigenvalue weighted by atomic mass is 10.0. The summed E-state index contributed by atoms with van der Waals surface area (Å²) in [5, 5.41) is 3.16. The fourth-order valence-electron chi connectivity index (χ4n) is 2.59. The normalized spacial score (nSPS) is 15.7. The van der Waals surface area contributed by atoms with Gasteiger partial charge in [-0.2, -0.15) is 0 Å². The second-order valence-electron chi connectivity index (χ2n) is 5.02. The van der Waals surface area contributed by atoms with Gasteiger partial charge in [0.1, 0.15) is 4.99 Å². The lowest BCUT2D eigenvalue weighted by molar-refractivity contribution is 0.517. The molecule has 5 heteroatoms. The first-order valence-electron chi connectivity index (χ1n) is 6.61. The van der Waals surface area contributed by atoms with Gasteiger partial charge < -0.3 is 11.1 Å². The minimum atomic E-state index is -0.322. The molecule has 1 aliphatic rings. The van der Waals surface area contributed by atoms with Gasteiger partial charge >= 0.3 is 0 Å². The first-order chi connectivity index (χ1) is 9.09. The van der Waals surface area contributed by atoms with Crippen LogP contribution in [0.4, 0.5) is 10.1 Å². The molecular formula is C14H18BrFN2S. The zero-order valence-corrected chi connectivity index (χ0v) is 13.1. The summed E-state index contributed by atoms with van der Waals surface area (Å²) < 4.78 is 14.4. The van der Waals surface area contributed by atoms with Crippen molar-refractivity contribution in [1.82, 2.24) is 0 Å². The molecule has 0 heterocycles. The van der Waals surface area contributed by atoms with E-state index in [1.807, 2.05) is 0 Å². The number of nitrogens with one attached hydrogen (secondary N) is 1. The van der Waals surface area contributed by atoms with E-state index in [2.05, 4.69) is 21.2 Å². The van der Waals surface area contributed by atoms with Crippen molar-refractivity contribution in [2.45, 2.75) is 32.1 Å². The summed E-state index contributed by atoms with van der Waals surface area (Å²) in [5.74, 6) is 0.478. The van der Waals surface area contributed by atoms with Gasteiger partial charge in [0.25, 0.3) is 0 Å². The highest BCUT2D eigenvalue weighted by atomic mass is 79.9. The predicted octanol–water partition coefficient (Wildman–Crippen LogP) is 4.21. The first-order valence-corrected chi connectivity index (χ1v) is 7.81. The van der Waals surface area contributed by atoms with E-state index in [-0.39, 0.29) is 10.8 Å². The molecule has 0 amide bonds. The number of nitrogens with two attached hydrogens (primary N) is 1. The zero-order chi connectivity index (χ0) is 13.8. The second-order valence-corrected chi connectivity index (χ2v) is 6.25. The topological polar surface area (TPSA) is 38.0 Å². The van der Waals surface area contributed by atoms with Crippen molar-refractivity contribution < 1.29 is 4.39 Å². The van der Waals surface area contributed by atoms with E-state index in [1.165, 1.54) is 25.7 Å². The van der Waals surface area contributed by atoms with Crippen LogP contribution in [0.1, 0.15) is 37.7 Å². The van der Waals surface area contributed by atoms with Crippen LogP contribution >= 0.6 is 28.1 Å². The number of hydrogen-bond donors (Lipinski definition) is 2. The minimum Gasteiger partial charge on any atom is -0.389 e. The van der Waals surface area contributed by atoms with Crippen molar-refractivity contribution in [3.63, 3.8) is 0 Å². The van der Waals surface area contributed by atoms with Crippen LogP contribution in [0.5, 0.6) is 0 Å². The van der Waals surface area contributed by atoms with Gasteiger partial charge in [0.15, 0.2) is 5.82 Å². The Morgan fingerprint density at radius 2 is 2.11 bits per heavy atom. The first kappa shape index (κ1) is 14.7. The molecule has 0 radical (unpaired) electrons. The van der Waals surface area contributed by atoms with Gasteiger partial charge in [-0.25, -0.2) is 4.39 Å². The summed E-state index contributed by atoms with van der Waals surface area (Å²) in [6.45, 7) is 0.806. The molecule has 2 rings (SSSR count). The largest absolute Gasteiger partial charge is 0.389 e. The Kier molecular flexibility index (Phi) is 5.16. The van der Waals surface area contributed by atoms with Crippen molar-refractivity contribution in [2.24, 2.45) is 11.7 Å². The molecule has 0 aliphatic heterocycles. The molecule has 0 unspecified atom stereocenters. The van der Waals surface area contributed by atoms with E-state index in [1.54, 1.807) is 12.1 Å². The molecule has 0 aromatic heterocycles. The van der Waals surface area contributed by atoms with E-state index in [0.717, 1.165) is 18.9 Å². The molecule has 19 heavy (non-hydrogen) atoms. The lowest BCUT2D eigenvalue weighted by Gasteiger charge is -2.13. The molecule has 104 valence electrons. The third-order valence-electron chi connectivity index (χ3n) is 3.69. The maximum Gasteiger partial charge on any atom is 0.161 e. The van der Waals surface area contributed by atoms with E-state index in [4.69, 9.17) is 18.0 Å². The van der Waals surface area contributed by atoms with Crippen molar-refractivity contribution in [3.8, 4) is 0 Å². The van der Waals surface area contributed by atoms with E-state index >= 15 is 0 Å². The van der Waals surface area contributed by atoms with E-state index in [0.29, 0.717) is 15.7 Å². The Hall–Kier alpha value is -0.680. The van der Waals surface area contributed by atoms with Gasteiger partial charge in [0.2, 0.25) is 0 Å². The summed E-state index contributed by atoms with van der Waals surface area (Å²) in [5.41, 5.74) is 6.57. The molecule has 0 atom stereocenters. The Morgan fingerprint density at radius 3 is 2.74 bits per heavy atom. The molecular weight excluding hydrogens is 327 g/mol. The lowest BCUT2D eigenvalue weighted by Crippen LogP contribution is -2.13. The maximum atomic E-state index is 14.1. The Balaban J connectivity index is 1.96. The van der Waals surface area contributed by atoms with Gasteiger partial charge in [0.05, 0.1) is 10.2 Å². The van der Waals surface area contributed by atoms with Gasteiger partial charge in [0, 0.05) is 12.1 Å². The highest BCUT2D eigenvalue weighted by Crippen LogP contribution is 2.29. The van der Waals surface area contributed by atoms with Crippen LogP contribution in [-0.4, -0.2) is 11.5 Å². The molecule has 1 aromatic carbocycles. The average molecular weight is 345 g/mol. The second kappa shape index (κ2) is 6.66. The summed E-state index contributed by atoms with van der Waals surface area (Å²) in [4.78, 5) is 0.197. The van der Waals surface area contributed by atoms with Crippen LogP contribution in [0.25, 0.3) is 0 Å². The van der Waals surface area contributed by atoms with Crippen molar-refractivity contribution in [2.75, 3.05) is 11.9 Å². The third-order valence-corrected chi connectivity index (χ3v) is 4.69. The highest BCUT2D eigenvalue weighted by molar-refractivity contribution is 9.10. The standard InChI is InChI=1S/C14H18BrFN2S/c15-12-10(14(17)19)5-6-11(13(12)16)18-8-7-9-3-1-2-4-9/h5-6,9,18H,1-4,7-8H2,(H2,17,19). The number of rotatable bonds is 5. The monoisotopic (exact) mass is 344 g/mol.